The number of aryl methyl sites for hydroxylation is 1. The Labute approximate surface area is 60.5 Å². The van der Waals surface area contributed by atoms with Crippen LogP contribution in [0.5, 0.6) is 0 Å². The molecule has 0 radical (unpaired) electrons. The lowest BCUT2D eigenvalue weighted by Crippen LogP contribution is -1.88. The zero-order valence-electron chi connectivity index (χ0n) is 6.04. The summed E-state index contributed by atoms with van der Waals surface area (Å²) in [5, 5.41) is 4.13. The average molecular weight is 134 g/mol. The van der Waals surface area contributed by atoms with Crippen molar-refractivity contribution >= 4 is 5.57 Å². The summed E-state index contributed by atoms with van der Waals surface area (Å²) in [6, 6.07) is 1.91. The van der Waals surface area contributed by atoms with E-state index in [1.165, 1.54) is 0 Å². The fraction of sp³-hybridized carbons (Fsp3) is 0.125. The SMILES string of the molecule is C=CC(=C)c1ccn(C)n1. The molecule has 0 spiro atoms. The van der Waals surface area contributed by atoms with Crippen molar-refractivity contribution in [2.75, 3.05) is 0 Å². The van der Waals surface area contributed by atoms with Gasteiger partial charge in [-0.15, -0.1) is 0 Å². The third-order valence-corrected chi connectivity index (χ3v) is 1.29. The van der Waals surface area contributed by atoms with Gasteiger partial charge in [0.25, 0.3) is 0 Å². The summed E-state index contributed by atoms with van der Waals surface area (Å²) in [7, 11) is 1.87. The number of aromatic nitrogens is 2. The van der Waals surface area contributed by atoms with Crippen molar-refractivity contribution in [1.29, 1.82) is 0 Å². The van der Waals surface area contributed by atoms with Crippen molar-refractivity contribution in [3.05, 3.63) is 37.2 Å². The fourth-order valence-corrected chi connectivity index (χ4v) is 0.691. The van der Waals surface area contributed by atoms with E-state index in [1.807, 2.05) is 19.3 Å². The first-order valence-corrected chi connectivity index (χ1v) is 3.05. The molecule has 0 saturated carbocycles. The van der Waals surface area contributed by atoms with Crippen LogP contribution in [0, 0.1) is 0 Å². The first-order chi connectivity index (χ1) is 4.74. The second-order valence-electron chi connectivity index (χ2n) is 2.10. The van der Waals surface area contributed by atoms with Crippen molar-refractivity contribution in [3.8, 4) is 0 Å². The monoisotopic (exact) mass is 134 g/mol. The Morgan fingerprint density at radius 2 is 2.50 bits per heavy atom. The van der Waals surface area contributed by atoms with Crippen molar-refractivity contribution < 1.29 is 0 Å². The van der Waals surface area contributed by atoms with Gasteiger partial charge in [0.05, 0.1) is 5.69 Å². The number of rotatable bonds is 2. The van der Waals surface area contributed by atoms with Crippen LogP contribution in [-0.4, -0.2) is 9.78 Å². The van der Waals surface area contributed by atoms with Gasteiger partial charge < -0.3 is 0 Å². The zero-order valence-corrected chi connectivity index (χ0v) is 6.04. The van der Waals surface area contributed by atoms with Crippen LogP contribution >= 0.6 is 0 Å². The second-order valence-corrected chi connectivity index (χ2v) is 2.10. The molecular weight excluding hydrogens is 124 g/mol. The largest absolute Gasteiger partial charge is 0.275 e. The highest BCUT2D eigenvalue weighted by atomic mass is 15.2. The third kappa shape index (κ3) is 1.16. The molecule has 0 unspecified atom stereocenters. The van der Waals surface area contributed by atoms with Crippen molar-refractivity contribution in [3.63, 3.8) is 0 Å². The van der Waals surface area contributed by atoms with E-state index < -0.39 is 0 Å². The molecule has 0 fully saturated rings. The van der Waals surface area contributed by atoms with E-state index in [2.05, 4.69) is 18.3 Å². The lowest BCUT2D eigenvalue weighted by Gasteiger charge is -1.90. The van der Waals surface area contributed by atoms with Crippen LogP contribution in [0.3, 0.4) is 0 Å². The molecule has 1 rings (SSSR count). The molecule has 0 saturated heterocycles. The fourth-order valence-electron chi connectivity index (χ4n) is 0.691. The zero-order chi connectivity index (χ0) is 7.56. The molecule has 1 aromatic rings. The summed E-state index contributed by atoms with van der Waals surface area (Å²) < 4.78 is 1.74. The normalized spacial score (nSPS) is 9.30. The van der Waals surface area contributed by atoms with Gasteiger partial charge >= 0.3 is 0 Å². The molecule has 0 N–H and O–H groups in total. The Hall–Kier alpha value is -1.31. The van der Waals surface area contributed by atoms with Crippen molar-refractivity contribution in [1.82, 2.24) is 9.78 Å². The van der Waals surface area contributed by atoms with Crippen LogP contribution in [0.25, 0.3) is 5.57 Å². The molecule has 52 valence electrons. The molecule has 0 amide bonds. The van der Waals surface area contributed by atoms with E-state index in [0.29, 0.717) is 0 Å². The minimum atomic E-state index is 0.862. The Morgan fingerprint density at radius 1 is 1.80 bits per heavy atom. The van der Waals surface area contributed by atoms with Gasteiger partial charge in [-0.1, -0.05) is 19.2 Å². The standard InChI is InChI=1S/C8H10N2/c1-4-7(2)8-5-6-10(3)9-8/h4-6H,1-2H2,3H3. The molecule has 1 heterocycles. The topological polar surface area (TPSA) is 17.8 Å². The molecule has 2 nitrogen and oxygen atoms in total. The summed E-state index contributed by atoms with van der Waals surface area (Å²) in [5.74, 6) is 0. The number of hydrogen-bond donors (Lipinski definition) is 0. The van der Waals surface area contributed by atoms with E-state index in [1.54, 1.807) is 10.8 Å². The molecule has 1 aromatic heterocycles. The molecule has 0 aliphatic carbocycles. The highest BCUT2D eigenvalue weighted by Crippen LogP contribution is 2.08. The van der Waals surface area contributed by atoms with E-state index in [9.17, 15) is 0 Å². The van der Waals surface area contributed by atoms with Gasteiger partial charge in [0.1, 0.15) is 0 Å². The van der Waals surface area contributed by atoms with Crippen molar-refractivity contribution in [2.24, 2.45) is 7.05 Å². The molecule has 10 heavy (non-hydrogen) atoms. The molecule has 0 aliphatic rings. The minimum Gasteiger partial charge on any atom is -0.275 e. The number of allylic oxidation sites excluding steroid dienone is 2. The van der Waals surface area contributed by atoms with Gasteiger partial charge in [-0.2, -0.15) is 5.10 Å². The van der Waals surface area contributed by atoms with Gasteiger partial charge in [0.15, 0.2) is 0 Å². The molecule has 2 heteroatoms. The first-order valence-electron chi connectivity index (χ1n) is 3.05. The van der Waals surface area contributed by atoms with Crippen LogP contribution < -0.4 is 0 Å². The second kappa shape index (κ2) is 2.52. The minimum absolute atomic E-state index is 0.862. The summed E-state index contributed by atoms with van der Waals surface area (Å²) in [6.45, 7) is 7.36. The summed E-state index contributed by atoms with van der Waals surface area (Å²) in [6.07, 6.45) is 3.58. The summed E-state index contributed by atoms with van der Waals surface area (Å²) >= 11 is 0. The Balaban J connectivity index is 2.95. The molecule has 0 atom stereocenters. The molecule has 0 aliphatic heterocycles. The van der Waals surface area contributed by atoms with E-state index in [-0.39, 0.29) is 0 Å². The Kier molecular flexibility index (Phi) is 1.71. The maximum atomic E-state index is 4.13. The maximum absolute atomic E-state index is 4.13. The lowest BCUT2D eigenvalue weighted by atomic mass is 10.2. The van der Waals surface area contributed by atoms with E-state index in [0.717, 1.165) is 11.3 Å². The van der Waals surface area contributed by atoms with Crippen LogP contribution in [0.1, 0.15) is 5.69 Å². The average Bonchev–Trinajstić information content (AvgIpc) is 2.34. The van der Waals surface area contributed by atoms with Crippen LogP contribution in [0.2, 0.25) is 0 Å². The third-order valence-electron chi connectivity index (χ3n) is 1.29. The highest BCUT2D eigenvalue weighted by Gasteiger charge is 1.95. The van der Waals surface area contributed by atoms with Gasteiger partial charge in [-0.3, -0.25) is 4.68 Å². The maximum Gasteiger partial charge on any atom is 0.0916 e. The molecular formula is C8H10N2. The van der Waals surface area contributed by atoms with Crippen LogP contribution in [0.15, 0.2) is 31.5 Å². The number of nitrogens with zero attached hydrogens (tertiary/aromatic N) is 2. The van der Waals surface area contributed by atoms with Crippen molar-refractivity contribution in [2.45, 2.75) is 0 Å². The van der Waals surface area contributed by atoms with Gasteiger partial charge in [-0.25, -0.2) is 0 Å². The van der Waals surface area contributed by atoms with E-state index in [4.69, 9.17) is 0 Å². The predicted molar refractivity (Wildman–Crippen MR) is 42.4 cm³/mol. The van der Waals surface area contributed by atoms with Gasteiger partial charge in [0.2, 0.25) is 0 Å². The predicted octanol–water partition coefficient (Wildman–Crippen LogP) is 1.62. The van der Waals surface area contributed by atoms with Gasteiger partial charge in [-0.05, 0) is 11.6 Å². The van der Waals surface area contributed by atoms with E-state index >= 15 is 0 Å². The Bertz CT molecular complexity index is 258. The smallest absolute Gasteiger partial charge is 0.0916 e. The summed E-state index contributed by atoms with van der Waals surface area (Å²) in [4.78, 5) is 0. The number of hydrogen-bond acceptors (Lipinski definition) is 1. The Morgan fingerprint density at radius 3 is 2.90 bits per heavy atom. The molecule has 0 aromatic carbocycles. The van der Waals surface area contributed by atoms with Crippen LogP contribution in [-0.2, 0) is 7.05 Å². The molecule has 0 bridgehead atoms. The quantitative estimate of drug-likeness (QED) is 0.562. The highest BCUT2D eigenvalue weighted by molar-refractivity contribution is 5.68. The summed E-state index contributed by atoms with van der Waals surface area (Å²) in [5.41, 5.74) is 1.75. The first kappa shape index (κ1) is 6.81. The van der Waals surface area contributed by atoms with Crippen LogP contribution in [0.4, 0.5) is 0 Å². The lowest BCUT2D eigenvalue weighted by molar-refractivity contribution is 0.764. The van der Waals surface area contributed by atoms with Gasteiger partial charge in [0, 0.05) is 13.2 Å².